The average Bonchev–Trinajstić information content (AvgIpc) is 2.17. The quantitative estimate of drug-likeness (QED) is 0.765. The molecule has 0 amide bonds. The van der Waals surface area contributed by atoms with Gasteiger partial charge in [0.25, 0.3) is 0 Å². The Morgan fingerprint density at radius 3 is 2.33 bits per heavy atom. The lowest BCUT2D eigenvalue weighted by Gasteiger charge is -2.33. The Morgan fingerprint density at radius 2 is 1.87 bits per heavy atom. The molecule has 0 radical (unpaired) electrons. The van der Waals surface area contributed by atoms with E-state index in [0.717, 1.165) is 26.2 Å². The van der Waals surface area contributed by atoms with E-state index in [1.54, 1.807) is 0 Å². The first-order valence-corrected chi connectivity index (χ1v) is 5.89. The summed E-state index contributed by atoms with van der Waals surface area (Å²) in [6.45, 7) is 12.4. The zero-order valence-corrected chi connectivity index (χ0v) is 10.5. The highest BCUT2D eigenvalue weighted by Gasteiger charge is 2.25. The fraction of sp³-hybridized carbons (Fsp3) is 0.917. The largest absolute Gasteiger partial charge is 0.314 e. The highest BCUT2D eigenvalue weighted by atomic mass is 16.1. The number of piperazine rings is 1. The maximum absolute atomic E-state index is 11.9. The zero-order chi connectivity index (χ0) is 11.5. The van der Waals surface area contributed by atoms with E-state index >= 15 is 0 Å². The minimum Gasteiger partial charge on any atom is -0.314 e. The molecule has 1 rings (SSSR count). The van der Waals surface area contributed by atoms with Crippen molar-refractivity contribution in [2.24, 2.45) is 5.41 Å². The normalized spacial score (nSPS) is 21.3. The molecule has 1 aliphatic heterocycles. The summed E-state index contributed by atoms with van der Waals surface area (Å²) < 4.78 is 0. The first kappa shape index (κ1) is 12.7. The van der Waals surface area contributed by atoms with Gasteiger partial charge >= 0.3 is 0 Å². The predicted octanol–water partition coefficient (Wildman–Crippen LogP) is 1.29. The molecule has 3 nitrogen and oxygen atoms in total. The summed E-state index contributed by atoms with van der Waals surface area (Å²) in [7, 11) is 0. The molecule has 15 heavy (non-hydrogen) atoms. The first-order valence-electron chi connectivity index (χ1n) is 5.89. The van der Waals surface area contributed by atoms with Crippen molar-refractivity contribution >= 4 is 5.78 Å². The van der Waals surface area contributed by atoms with E-state index < -0.39 is 0 Å². The number of hydrogen-bond donors (Lipinski definition) is 1. The summed E-state index contributed by atoms with van der Waals surface area (Å²) >= 11 is 0. The smallest absolute Gasteiger partial charge is 0.139 e. The van der Waals surface area contributed by atoms with Gasteiger partial charge < -0.3 is 5.32 Å². The van der Waals surface area contributed by atoms with Gasteiger partial charge in [0.2, 0.25) is 0 Å². The molecule has 0 aliphatic carbocycles. The van der Waals surface area contributed by atoms with Gasteiger partial charge in [-0.15, -0.1) is 0 Å². The molecule has 1 atom stereocenters. The van der Waals surface area contributed by atoms with E-state index in [4.69, 9.17) is 0 Å². The molecule has 1 N–H and O–H groups in total. The molecular weight excluding hydrogens is 188 g/mol. The molecule has 0 saturated carbocycles. The summed E-state index contributed by atoms with van der Waals surface area (Å²) in [4.78, 5) is 14.3. The monoisotopic (exact) mass is 212 g/mol. The maximum atomic E-state index is 11.9. The fourth-order valence-corrected chi connectivity index (χ4v) is 1.83. The van der Waals surface area contributed by atoms with Crippen molar-refractivity contribution in [3.05, 3.63) is 0 Å². The molecule has 1 aliphatic rings. The second-order valence-electron chi connectivity index (χ2n) is 5.51. The minimum atomic E-state index is -0.192. The fourth-order valence-electron chi connectivity index (χ4n) is 1.83. The molecule has 88 valence electrons. The lowest BCUT2D eigenvalue weighted by molar-refractivity contribution is -0.127. The lowest BCUT2D eigenvalue weighted by atomic mass is 9.87. The molecule has 0 aromatic rings. The standard InChI is InChI=1S/C12H24N2O/c1-10(9-11(15)12(2,3)4)14-7-5-13-6-8-14/h10,13H,5-9H2,1-4H3. The van der Waals surface area contributed by atoms with E-state index in [9.17, 15) is 4.79 Å². The molecule has 0 spiro atoms. The third kappa shape index (κ3) is 3.92. The zero-order valence-electron chi connectivity index (χ0n) is 10.5. The minimum absolute atomic E-state index is 0.192. The topological polar surface area (TPSA) is 32.3 Å². The number of nitrogens with zero attached hydrogens (tertiary/aromatic N) is 1. The van der Waals surface area contributed by atoms with Crippen LogP contribution in [0.2, 0.25) is 0 Å². The Hall–Kier alpha value is -0.410. The molecule has 1 heterocycles. The number of rotatable bonds is 3. The van der Waals surface area contributed by atoms with Crippen LogP contribution in [-0.4, -0.2) is 42.9 Å². The third-order valence-electron chi connectivity index (χ3n) is 3.09. The summed E-state index contributed by atoms with van der Waals surface area (Å²) in [5.74, 6) is 0.369. The number of carbonyl (C=O) groups is 1. The number of carbonyl (C=O) groups excluding carboxylic acids is 1. The van der Waals surface area contributed by atoms with Crippen LogP contribution < -0.4 is 5.32 Å². The Labute approximate surface area is 93.2 Å². The van der Waals surface area contributed by atoms with Gasteiger partial charge in [0, 0.05) is 44.1 Å². The predicted molar refractivity (Wildman–Crippen MR) is 63.0 cm³/mol. The maximum Gasteiger partial charge on any atom is 0.139 e. The SMILES string of the molecule is CC(CC(=O)C(C)(C)C)N1CCNCC1. The van der Waals surface area contributed by atoms with Gasteiger partial charge in [-0.2, -0.15) is 0 Å². The molecule has 1 fully saturated rings. The van der Waals surface area contributed by atoms with Gasteiger partial charge in [-0.1, -0.05) is 20.8 Å². The second kappa shape index (κ2) is 5.08. The second-order valence-corrected chi connectivity index (χ2v) is 5.51. The van der Waals surface area contributed by atoms with Crippen LogP contribution in [0.3, 0.4) is 0 Å². The highest BCUT2D eigenvalue weighted by molar-refractivity contribution is 5.84. The molecular formula is C12H24N2O. The molecule has 3 heteroatoms. The van der Waals surface area contributed by atoms with Gasteiger partial charge in [-0.05, 0) is 6.92 Å². The highest BCUT2D eigenvalue weighted by Crippen LogP contribution is 2.19. The van der Waals surface area contributed by atoms with Crippen LogP contribution in [-0.2, 0) is 4.79 Å². The number of ketones is 1. The van der Waals surface area contributed by atoms with Crippen molar-refractivity contribution in [3.8, 4) is 0 Å². The van der Waals surface area contributed by atoms with Crippen molar-refractivity contribution in [3.63, 3.8) is 0 Å². The average molecular weight is 212 g/mol. The Morgan fingerprint density at radius 1 is 1.33 bits per heavy atom. The van der Waals surface area contributed by atoms with Crippen LogP contribution in [0.25, 0.3) is 0 Å². The van der Waals surface area contributed by atoms with Gasteiger partial charge in [-0.25, -0.2) is 0 Å². The van der Waals surface area contributed by atoms with Crippen LogP contribution in [0.5, 0.6) is 0 Å². The van der Waals surface area contributed by atoms with Gasteiger partial charge in [0.1, 0.15) is 5.78 Å². The van der Waals surface area contributed by atoms with E-state index in [0.29, 0.717) is 18.2 Å². The summed E-state index contributed by atoms with van der Waals surface area (Å²) in [6, 6.07) is 0.388. The summed E-state index contributed by atoms with van der Waals surface area (Å²) in [5.41, 5.74) is -0.192. The lowest BCUT2D eigenvalue weighted by Crippen LogP contribution is -2.48. The molecule has 0 aromatic heterocycles. The van der Waals surface area contributed by atoms with Crippen LogP contribution in [0.4, 0.5) is 0 Å². The van der Waals surface area contributed by atoms with Crippen molar-refractivity contribution in [1.82, 2.24) is 10.2 Å². The van der Waals surface area contributed by atoms with Crippen LogP contribution >= 0.6 is 0 Å². The Balaban J connectivity index is 2.40. The Bertz CT molecular complexity index is 214. The van der Waals surface area contributed by atoms with Gasteiger partial charge in [0.15, 0.2) is 0 Å². The Kier molecular flexibility index (Phi) is 4.29. The van der Waals surface area contributed by atoms with E-state index in [1.165, 1.54) is 0 Å². The number of nitrogens with one attached hydrogen (secondary N) is 1. The molecule has 0 bridgehead atoms. The van der Waals surface area contributed by atoms with Crippen LogP contribution in [0, 0.1) is 5.41 Å². The van der Waals surface area contributed by atoms with E-state index in [-0.39, 0.29) is 5.41 Å². The number of Topliss-reactive ketones (excluding diaryl/α,β-unsaturated/α-hetero) is 1. The van der Waals surface area contributed by atoms with E-state index in [2.05, 4.69) is 17.1 Å². The van der Waals surface area contributed by atoms with Gasteiger partial charge in [0.05, 0.1) is 0 Å². The molecule has 1 saturated heterocycles. The molecule has 1 unspecified atom stereocenters. The van der Waals surface area contributed by atoms with Crippen molar-refractivity contribution in [1.29, 1.82) is 0 Å². The van der Waals surface area contributed by atoms with Crippen LogP contribution in [0.1, 0.15) is 34.1 Å². The van der Waals surface area contributed by atoms with Crippen molar-refractivity contribution in [2.75, 3.05) is 26.2 Å². The number of hydrogen-bond acceptors (Lipinski definition) is 3. The molecule has 0 aromatic carbocycles. The van der Waals surface area contributed by atoms with Crippen molar-refractivity contribution < 1.29 is 4.79 Å². The van der Waals surface area contributed by atoms with E-state index in [1.807, 2.05) is 20.8 Å². The van der Waals surface area contributed by atoms with Crippen LogP contribution in [0.15, 0.2) is 0 Å². The summed E-state index contributed by atoms with van der Waals surface area (Å²) in [6.07, 6.45) is 0.684. The third-order valence-corrected chi connectivity index (χ3v) is 3.09. The summed E-state index contributed by atoms with van der Waals surface area (Å²) in [5, 5.41) is 3.33. The van der Waals surface area contributed by atoms with Gasteiger partial charge in [-0.3, -0.25) is 9.69 Å². The van der Waals surface area contributed by atoms with Crippen molar-refractivity contribution in [2.45, 2.75) is 40.2 Å². The first-order chi connectivity index (χ1) is 6.91.